The highest BCUT2D eigenvalue weighted by molar-refractivity contribution is 5.93. The fraction of sp³-hybridized carbons (Fsp3) is 0.455. The van der Waals surface area contributed by atoms with Gasteiger partial charge in [-0.3, -0.25) is 4.79 Å². The summed E-state index contributed by atoms with van der Waals surface area (Å²) in [6, 6.07) is 6.13. The highest BCUT2D eigenvalue weighted by atomic mass is 16.5. The first-order valence-corrected chi connectivity index (χ1v) is 10.4. The molecule has 8 heteroatoms. The number of imidazole rings is 1. The molecule has 1 aliphatic heterocycles. The van der Waals surface area contributed by atoms with E-state index in [2.05, 4.69) is 44.1 Å². The molecule has 1 unspecified atom stereocenters. The van der Waals surface area contributed by atoms with E-state index in [0.29, 0.717) is 29.9 Å². The molecule has 1 amide bonds. The minimum atomic E-state index is -0.0489. The summed E-state index contributed by atoms with van der Waals surface area (Å²) in [5.41, 5.74) is 3.93. The Bertz CT molecular complexity index is 1090. The van der Waals surface area contributed by atoms with E-state index in [1.807, 2.05) is 6.07 Å². The minimum Gasteiger partial charge on any atom is -0.375 e. The van der Waals surface area contributed by atoms with E-state index >= 15 is 0 Å². The first kappa shape index (κ1) is 19.0. The maximum atomic E-state index is 13.0. The van der Waals surface area contributed by atoms with Crippen molar-refractivity contribution in [2.75, 3.05) is 7.11 Å². The lowest BCUT2D eigenvalue weighted by Gasteiger charge is -2.22. The molecule has 0 bridgehead atoms. The SMILES string of the molecule is COCc1nc(-c2ccc3c(c2)CC[C@H]3NC(=O)c2cnc3n2CC(C)CC3)no1. The van der Waals surface area contributed by atoms with Gasteiger partial charge in [-0.25, -0.2) is 4.98 Å². The molecule has 8 nitrogen and oxygen atoms in total. The Labute approximate surface area is 174 Å². The third-order valence-electron chi connectivity index (χ3n) is 6.05. The van der Waals surface area contributed by atoms with Gasteiger partial charge in [0.05, 0.1) is 12.2 Å². The minimum absolute atomic E-state index is 0.00281. The number of carbonyl (C=O) groups is 1. The van der Waals surface area contributed by atoms with Crippen molar-refractivity contribution in [1.82, 2.24) is 25.0 Å². The summed E-state index contributed by atoms with van der Waals surface area (Å²) in [5, 5.41) is 7.25. The molecular weight excluding hydrogens is 382 g/mol. The van der Waals surface area contributed by atoms with Crippen LogP contribution < -0.4 is 5.32 Å². The first-order chi connectivity index (χ1) is 14.6. The highest BCUT2D eigenvalue weighted by Gasteiger charge is 2.28. The zero-order chi connectivity index (χ0) is 20.7. The smallest absolute Gasteiger partial charge is 0.270 e. The quantitative estimate of drug-likeness (QED) is 0.698. The summed E-state index contributed by atoms with van der Waals surface area (Å²) in [5.74, 6) is 2.54. The predicted octanol–water partition coefficient (Wildman–Crippen LogP) is 3.08. The molecule has 0 saturated carbocycles. The van der Waals surface area contributed by atoms with Gasteiger partial charge in [-0.2, -0.15) is 4.98 Å². The van der Waals surface area contributed by atoms with Gasteiger partial charge in [-0.15, -0.1) is 0 Å². The van der Waals surface area contributed by atoms with Crippen LogP contribution in [0.3, 0.4) is 0 Å². The van der Waals surface area contributed by atoms with Gasteiger partial charge < -0.3 is 19.1 Å². The summed E-state index contributed by atoms with van der Waals surface area (Å²) in [6.07, 6.45) is 5.56. The normalized spacial score (nSPS) is 20.1. The molecule has 0 fully saturated rings. The van der Waals surface area contributed by atoms with E-state index < -0.39 is 0 Å². The number of rotatable bonds is 5. The number of hydrogen-bond acceptors (Lipinski definition) is 6. The van der Waals surface area contributed by atoms with Crippen LogP contribution in [0.1, 0.15) is 59.1 Å². The van der Waals surface area contributed by atoms with Gasteiger partial charge in [0.1, 0.15) is 18.1 Å². The fourth-order valence-corrected chi connectivity index (χ4v) is 4.47. The van der Waals surface area contributed by atoms with Crippen LogP contribution in [0.4, 0.5) is 0 Å². The van der Waals surface area contributed by atoms with Crippen LogP contribution in [0.15, 0.2) is 28.9 Å². The second-order valence-corrected chi connectivity index (χ2v) is 8.24. The first-order valence-electron chi connectivity index (χ1n) is 10.4. The molecule has 2 aliphatic rings. The molecule has 156 valence electrons. The van der Waals surface area contributed by atoms with Crippen LogP contribution in [0.25, 0.3) is 11.4 Å². The number of ether oxygens (including phenoxy) is 1. The summed E-state index contributed by atoms with van der Waals surface area (Å²) in [4.78, 5) is 21.8. The van der Waals surface area contributed by atoms with E-state index in [1.54, 1.807) is 13.3 Å². The molecule has 5 rings (SSSR count). The second-order valence-electron chi connectivity index (χ2n) is 8.24. The van der Waals surface area contributed by atoms with Crippen LogP contribution >= 0.6 is 0 Å². The second kappa shape index (κ2) is 7.68. The van der Waals surface area contributed by atoms with E-state index in [0.717, 1.165) is 49.2 Å². The van der Waals surface area contributed by atoms with E-state index in [-0.39, 0.29) is 11.9 Å². The molecule has 1 aromatic carbocycles. The van der Waals surface area contributed by atoms with Crippen LogP contribution in [0.2, 0.25) is 0 Å². The largest absolute Gasteiger partial charge is 0.375 e. The van der Waals surface area contributed by atoms with E-state index in [1.165, 1.54) is 5.56 Å². The summed E-state index contributed by atoms with van der Waals surface area (Å²) in [6.45, 7) is 3.37. The summed E-state index contributed by atoms with van der Waals surface area (Å²) < 4.78 is 12.3. The van der Waals surface area contributed by atoms with Gasteiger partial charge >= 0.3 is 0 Å². The Hall–Kier alpha value is -3.00. The zero-order valence-corrected chi connectivity index (χ0v) is 17.2. The molecular formula is C22H25N5O3. The summed E-state index contributed by atoms with van der Waals surface area (Å²) in [7, 11) is 1.59. The Balaban J connectivity index is 1.33. The van der Waals surface area contributed by atoms with Crippen molar-refractivity contribution >= 4 is 5.91 Å². The third-order valence-corrected chi connectivity index (χ3v) is 6.05. The third kappa shape index (κ3) is 3.41. The standard InChI is InChI=1S/C22H25N5O3/c1-13-3-8-19-23-10-18(27(19)11-13)22(28)24-17-7-5-14-9-15(4-6-16(14)17)21-25-20(12-29-2)30-26-21/h4,6,9-10,13,17H,3,5,7-8,11-12H2,1-2H3,(H,24,28)/t13?,17-/m1/s1. The van der Waals surface area contributed by atoms with Crippen molar-refractivity contribution < 1.29 is 14.1 Å². The number of fused-ring (bicyclic) bond motifs is 2. The maximum absolute atomic E-state index is 13.0. The van der Waals surface area contributed by atoms with Gasteiger partial charge in [-0.05, 0) is 42.4 Å². The number of amides is 1. The molecule has 3 aromatic rings. The number of carbonyl (C=O) groups excluding carboxylic acids is 1. The Morgan fingerprint density at radius 2 is 2.23 bits per heavy atom. The lowest BCUT2D eigenvalue weighted by Crippen LogP contribution is -2.31. The monoisotopic (exact) mass is 407 g/mol. The Morgan fingerprint density at radius 1 is 1.33 bits per heavy atom. The Kier molecular flexibility index (Phi) is 4.86. The van der Waals surface area contributed by atoms with Crippen molar-refractivity contribution in [2.45, 2.75) is 51.8 Å². The number of methoxy groups -OCH3 is 1. The molecule has 2 atom stereocenters. The number of hydrogen-bond donors (Lipinski definition) is 1. The molecule has 0 radical (unpaired) electrons. The average molecular weight is 407 g/mol. The van der Waals surface area contributed by atoms with Crippen molar-refractivity contribution in [3.05, 3.63) is 52.9 Å². The highest BCUT2D eigenvalue weighted by Crippen LogP contribution is 2.34. The van der Waals surface area contributed by atoms with Crippen LogP contribution in [-0.4, -0.2) is 32.7 Å². The molecule has 1 aliphatic carbocycles. The van der Waals surface area contributed by atoms with E-state index in [4.69, 9.17) is 9.26 Å². The maximum Gasteiger partial charge on any atom is 0.270 e. The van der Waals surface area contributed by atoms with Gasteiger partial charge in [0, 0.05) is 25.6 Å². The molecule has 30 heavy (non-hydrogen) atoms. The van der Waals surface area contributed by atoms with Gasteiger partial charge in [0.25, 0.3) is 11.8 Å². The fourth-order valence-electron chi connectivity index (χ4n) is 4.47. The van der Waals surface area contributed by atoms with Crippen molar-refractivity contribution in [3.63, 3.8) is 0 Å². The van der Waals surface area contributed by atoms with E-state index in [9.17, 15) is 4.79 Å². The molecule has 3 heterocycles. The van der Waals surface area contributed by atoms with Crippen molar-refractivity contribution in [2.24, 2.45) is 5.92 Å². The van der Waals surface area contributed by atoms with Gasteiger partial charge in [0.2, 0.25) is 5.82 Å². The molecule has 1 N–H and O–H groups in total. The van der Waals surface area contributed by atoms with Crippen molar-refractivity contribution in [3.8, 4) is 11.4 Å². The molecule has 0 spiro atoms. The van der Waals surface area contributed by atoms with Crippen LogP contribution in [0.5, 0.6) is 0 Å². The van der Waals surface area contributed by atoms with Gasteiger partial charge in [-0.1, -0.05) is 24.2 Å². The Morgan fingerprint density at radius 3 is 3.10 bits per heavy atom. The summed E-state index contributed by atoms with van der Waals surface area (Å²) >= 11 is 0. The lowest BCUT2D eigenvalue weighted by molar-refractivity contribution is 0.0925. The van der Waals surface area contributed by atoms with Gasteiger partial charge in [0.15, 0.2) is 0 Å². The topological polar surface area (TPSA) is 95.1 Å². The molecule has 2 aromatic heterocycles. The number of nitrogens with zero attached hydrogens (tertiary/aromatic N) is 4. The molecule has 0 saturated heterocycles. The van der Waals surface area contributed by atoms with Crippen LogP contribution in [-0.2, 0) is 30.7 Å². The zero-order valence-electron chi connectivity index (χ0n) is 17.2. The van der Waals surface area contributed by atoms with Crippen molar-refractivity contribution in [1.29, 1.82) is 0 Å². The van der Waals surface area contributed by atoms with Crippen LogP contribution in [0, 0.1) is 5.92 Å². The number of aromatic nitrogens is 4. The average Bonchev–Trinajstić information content (AvgIpc) is 3.46. The number of nitrogens with one attached hydrogen (secondary N) is 1. The number of benzene rings is 1. The lowest BCUT2D eigenvalue weighted by atomic mass is 10.0. The predicted molar refractivity (Wildman–Crippen MR) is 109 cm³/mol. The number of aryl methyl sites for hydroxylation is 2.